The van der Waals surface area contributed by atoms with Crippen molar-refractivity contribution in [3.63, 3.8) is 0 Å². The molecule has 0 spiro atoms. The second-order valence-corrected chi connectivity index (χ2v) is 9.79. The summed E-state index contributed by atoms with van der Waals surface area (Å²) in [4.78, 5) is 26.8. The molecule has 1 N–H and O–H groups in total. The summed E-state index contributed by atoms with van der Waals surface area (Å²) in [5.74, 6) is -0.334. The largest absolute Gasteiger partial charge is 0.482 e. The van der Waals surface area contributed by atoms with Crippen molar-refractivity contribution in [2.24, 2.45) is 0 Å². The second kappa shape index (κ2) is 10.8. The summed E-state index contributed by atoms with van der Waals surface area (Å²) in [6, 6.07) is 14.2. The average molecular weight is 474 g/mol. The normalized spacial score (nSPS) is 14.5. The van der Waals surface area contributed by atoms with Gasteiger partial charge < -0.3 is 10.1 Å². The maximum absolute atomic E-state index is 13.0. The molecule has 2 aromatic rings. The highest BCUT2D eigenvalue weighted by atomic mass is 32.2. The summed E-state index contributed by atoms with van der Waals surface area (Å²) in [6.07, 6.45) is 1.42. The number of hydrogen-bond acceptors (Lipinski definition) is 5. The number of carbonyl (C=O) groups excluding carboxylic acids is 2. The smallest absolute Gasteiger partial charge is 0.265 e. The monoisotopic (exact) mass is 473 g/mol. The molecule has 0 saturated carbocycles. The van der Waals surface area contributed by atoms with Gasteiger partial charge in [-0.1, -0.05) is 51.1 Å². The van der Waals surface area contributed by atoms with E-state index in [4.69, 9.17) is 4.74 Å². The third-order valence-corrected chi connectivity index (χ3v) is 7.75. The van der Waals surface area contributed by atoms with Gasteiger partial charge in [0.25, 0.3) is 5.91 Å². The van der Waals surface area contributed by atoms with Crippen molar-refractivity contribution in [2.75, 3.05) is 31.1 Å². The maximum atomic E-state index is 13.0. The molecule has 0 saturated heterocycles. The first kappa shape index (κ1) is 24.7. The molecule has 8 nitrogen and oxygen atoms in total. The van der Waals surface area contributed by atoms with Crippen LogP contribution in [0.2, 0.25) is 0 Å². The summed E-state index contributed by atoms with van der Waals surface area (Å²) >= 11 is 0. The second-order valence-electron chi connectivity index (χ2n) is 7.85. The lowest BCUT2D eigenvalue weighted by Crippen LogP contribution is -2.47. The maximum Gasteiger partial charge on any atom is 0.265 e. The van der Waals surface area contributed by atoms with E-state index in [0.29, 0.717) is 25.3 Å². The minimum atomic E-state index is -3.72. The summed E-state index contributed by atoms with van der Waals surface area (Å²) in [6.45, 7) is 5.77. The summed E-state index contributed by atoms with van der Waals surface area (Å²) in [7, 11) is -3.72. The fourth-order valence-corrected chi connectivity index (χ4v) is 5.32. The molecule has 0 unspecified atom stereocenters. The van der Waals surface area contributed by atoms with Crippen LogP contribution in [0.4, 0.5) is 5.69 Å². The Hall–Kier alpha value is -2.91. The molecule has 0 bridgehead atoms. The fraction of sp³-hybridized carbons (Fsp3) is 0.417. The minimum absolute atomic E-state index is 0.0594. The van der Waals surface area contributed by atoms with Gasteiger partial charge in [-0.05, 0) is 36.6 Å². The molecule has 0 aliphatic carbocycles. The SMILES string of the molecule is CC[C@@H](Cc1ccccc1)NC(=O)CN1C(=O)COc2ccc(S(=O)(=O)N(CC)CC)cc21. The molecular weight excluding hydrogens is 442 g/mol. The molecule has 0 fully saturated rings. The molecule has 2 aromatic carbocycles. The van der Waals surface area contributed by atoms with Gasteiger partial charge in [0.15, 0.2) is 6.61 Å². The first-order valence-corrected chi connectivity index (χ1v) is 12.6. The summed E-state index contributed by atoms with van der Waals surface area (Å²) in [5, 5.41) is 3.00. The van der Waals surface area contributed by atoms with Crippen LogP contribution in [0.25, 0.3) is 0 Å². The third-order valence-electron chi connectivity index (χ3n) is 5.70. The number of nitrogens with one attached hydrogen (secondary N) is 1. The lowest BCUT2D eigenvalue weighted by atomic mass is 10.0. The van der Waals surface area contributed by atoms with E-state index in [9.17, 15) is 18.0 Å². The number of ether oxygens (including phenoxy) is 1. The van der Waals surface area contributed by atoms with Gasteiger partial charge in [-0.25, -0.2) is 8.42 Å². The van der Waals surface area contributed by atoms with Crippen LogP contribution in [-0.2, 0) is 26.0 Å². The van der Waals surface area contributed by atoms with E-state index in [1.165, 1.54) is 27.4 Å². The molecule has 2 amide bonds. The van der Waals surface area contributed by atoms with Crippen LogP contribution in [0, 0.1) is 0 Å². The van der Waals surface area contributed by atoms with E-state index in [2.05, 4.69) is 5.32 Å². The van der Waals surface area contributed by atoms with Gasteiger partial charge in [-0.3, -0.25) is 14.5 Å². The van der Waals surface area contributed by atoms with Crippen molar-refractivity contribution in [1.82, 2.24) is 9.62 Å². The van der Waals surface area contributed by atoms with Crippen LogP contribution in [0.1, 0.15) is 32.8 Å². The zero-order chi connectivity index (χ0) is 24.0. The van der Waals surface area contributed by atoms with Crippen LogP contribution in [0.5, 0.6) is 5.75 Å². The third kappa shape index (κ3) is 5.72. The van der Waals surface area contributed by atoms with E-state index in [1.807, 2.05) is 37.3 Å². The van der Waals surface area contributed by atoms with E-state index in [0.717, 1.165) is 12.0 Å². The van der Waals surface area contributed by atoms with Crippen molar-refractivity contribution in [1.29, 1.82) is 0 Å². The Kier molecular flexibility index (Phi) is 8.10. The van der Waals surface area contributed by atoms with E-state index < -0.39 is 15.9 Å². The number of carbonyl (C=O) groups is 2. The Morgan fingerprint density at radius 2 is 1.82 bits per heavy atom. The Morgan fingerprint density at radius 1 is 1.12 bits per heavy atom. The number of amides is 2. The Morgan fingerprint density at radius 3 is 2.45 bits per heavy atom. The van der Waals surface area contributed by atoms with Crippen LogP contribution >= 0.6 is 0 Å². The molecule has 9 heteroatoms. The van der Waals surface area contributed by atoms with Crippen molar-refractivity contribution < 1.29 is 22.7 Å². The van der Waals surface area contributed by atoms with Gasteiger partial charge in [-0.2, -0.15) is 4.31 Å². The highest BCUT2D eigenvalue weighted by molar-refractivity contribution is 7.89. The van der Waals surface area contributed by atoms with Gasteiger partial charge in [0.05, 0.1) is 10.6 Å². The minimum Gasteiger partial charge on any atom is -0.482 e. The van der Waals surface area contributed by atoms with Gasteiger partial charge in [-0.15, -0.1) is 0 Å². The number of benzene rings is 2. The molecule has 3 rings (SSSR count). The molecule has 0 aromatic heterocycles. The van der Waals surface area contributed by atoms with Crippen molar-refractivity contribution >= 4 is 27.5 Å². The first-order valence-electron chi connectivity index (χ1n) is 11.2. The van der Waals surface area contributed by atoms with E-state index in [-0.39, 0.29) is 35.7 Å². The molecule has 0 radical (unpaired) electrons. The van der Waals surface area contributed by atoms with E-state index >= 15 is 0 Å². The van der Waals surface area contributed by atoms with Crippen LogP contribution in [-0.4, -0.2) is 56.8 Å². The number of anilines is 1. The standard InChI is InChI=1S/C24H31N3O5S/c1-4-19(14-18-10-8-7-9-11-18)25-23(28)16-27-21-15-20(33(30,31)26(5-2)6-3)12-13-22(21)32-17-24(27)29/h7-13,15,19H,4-6,14,16-17H2,1-3H3,(H,25,28)/t19-/m0/s1. The lowest BCUT2D eigenvalue weighted by molar-refractivity contribution is -0.125. The number of hydrogen-bond donors (Lipinski definition) is 1. The molecule has 33 heavy (non-hydrogen) atoms. The molecule has 178 valence electrons. The van der Waals surface area contributed by atoms with E-state index in [1.54, 1.807) is 13.8 Å². The number of nitrogens with zero attached hydrogens (tertiary/aromatic N) is 2. The van der Waals surface area contributed by atoms with Gasteiger partial charge in [0.2, 0.25) is 15.9 Å². The molecule has 1 aliphatic heterocycles. The molecule has 1 heterocycles. The topological polar surface area (TPSA) is 96.0 Å². The predicted molar refractivity (Wildman–Crippen MR) is 127 cm³/mol. The highest BCUT2D eigenvalue weighted by Crippen LogP contribution is 2.34. The van der Waals surface area contributed by atoms with Gasteiger partial charge in [0.1, 0.15) is 12.3 Å². The van der Waals surface area contributed by atoms with Crippen LogP contribution in [0.3, 0.4) is 0 Å². The Balaban J connectivity index is 1.80. The quantitative estimate of drug-likeness (QED) is 0.572. The fourth-order valence-electron chi connectivity index (χ4n) is 3.84. The van der Waals surface area contributed by atoms with Crippen LogP contribution in [0.15, 0.2) is 53.4 Å². The predicted octanol–water partition coefficient (Wildman–Crippen LogP) is 2.58. The average Bonchev–Trinajstić information content (AvgIpc) is 2.81. The van der Waals surface area contributed by atoms with Crippen LogP contribution < -0.4 is 15.0 Å². The number of sulfonamides is 1. The van der Waals surface area contributed by atoms with Crippen molar-refractivity contribution in [2.45, 2.75) is 44.6 Å². The summed E-state index contributed by atoms with van der Waals surface area (Å²) < 4.78 is 32.7. The molecular formula is C24H31N3O5S. The van der Waals surface area contributed by atoms with Gasteiger partial charge >= 0.3 is 0 Å². The number of rotatable bonds is 10. The zero-order valence-electron chi connectivity index (χ0n) is 19.3. The molecule has 1 aliphatic rings. The Labute approximate surface area is 195 Å². The summed E-state index contributed by atoms with van der Waals surface area (Å²) in [5.41, 5.74) is 1.40. The van der Waals surface area contributed by atoms with Crippen molar-refractivity contribution in [3.05, 3.63) is 54.1 Å². The van der Waals surface area contributed by atoms with Crippen molar-refractivity contribution in [3.8, 4) is 5.75 Å². The lowest BCUT2D eigenvalue weighted by Gasteiger charge is -2.30. The molecule has 1 atom stereocenters. The Bertz CT molecular complexity index is 1080. The highest BCUT2D eigenvalue weighted by Gasteiger charge is 2.31. The number of fused-ring (bicyclic) bond motifs is 1. The first-order chi connectivity index (χ1) is 15.8. The van der Waals surface area contributed by atoms with Gasteiger partial charge in [0, 0.05) is 19.1 Å². The zero-order valence-corrected chi connectivity index (χ0v) is 20.1.